The quantitative estimate of drug-likeness (QED) is 0.809. The summed E-state index contributed by atoms with van der Waals surface area (Å²) >= 11 is 4.56. The topological polar surface area (TPSA) is 50.3 Å². The molecule has 1 aliphatic rings. The number of rotatable bonds is 5. The Morgan fingerprint density at radius 2 is 2.15 bits per heavy atom. The molecule has 0 aliphatic heterocycles. The molecule has 1 aliphatic carbocycles. The predicted octanol–water partition coefficient (Wildman–Crippen LogP) is 3.26. The first-order valence-corrected chi connectivity index (χ1v) is 9.35. The lowest BCUT2D eigenvalue weighted by Crippen LogP contribution is -2.32. The van der Waals surface area contributed by atoms with Crippen LogP contribution in [0.1, 0.15) is 18.5 Å². The van der Waals surface area contributed by atoms with Crippen LogP contribution in [0.25, 0.3) is 0 Å². The molecule has 2 aromatic rings. The van der Waals surface area contributed by atoms with Gasteiger partial charge in [-0.1, -0.05) is 6.07 Å². The fourth-order valence-electron chi connectivity index (χ4n) is 1.99. The fraction of sp³-hybridized carbons (Fsp3) is 0.308. The Bertz CT molecular complexity index is 696. The van der Waals surface area contributed by atoms with E-state index in [1.54, 1.807) is 21.9 Å². The third-order valence-corrected chi connectivity index (χ3v) is 7.67. The maximum atomic E-state index is 12.8. The number of thiophene rings is 1. The van der Waals surface area contributed by atoms with Crippen LogP contribution < -0.4 is 0 Å². The van der Waals surface area contributed by atoms with E-state index >= 15 is 0 Å². The zero-order valence-electron chi connectivity index (χ0n) is 10.6. The molecule has 0 N–H and O–H groups in total. The highest BCUT2D eigenvalue weighted by atomic mass is 79.9. The van der Waals surface area contributed by atoms with Crippen LogP contribution in [-0.2, 0) is 16.6 Å². The number of pyridine rings is 1. The van der Waals surface area contributed by atoms with Gasteiger partial charge in [-0.25, -0.2) is 8.42 Å². The van der Waals surface area contributed by atoms with E-state index in [4.69, 9.17) is 0 Å². The lowest BCUT2D eigenvalue weighted by Gasteiger charge is -2.20. The lowest BCUT2D eigenvalue weighted by molar-refractivity contribution is 0.395. The lowest BCUT2D eigenvalue weighted by atomic mass is 10.3. The molecule has 7 heteroatoms. The van der Waals surface area contributed by atoms with Crippen LogP contribution in [0.15, 0.2) is 44.5 Å². The summed E-state index contributed by atoms with van der Waals surface area (Å²) in [5.74, 6) is 0. The van der Waals surface area contributed by atoms with Crippen molar-refractivity contribution >= 4 is 37.3 Å². The first kappa shape index (κ1) is 14.2. The third-order valence-electron chi connectivity index (χ3n) is 3.13. The van der Waals surface area contributed by atoms with Crippen LogP contribution >= 0.6 is 27.3 Å². The Kier molecular flexibility index (Phi) is 3.94. The van der Waals surface area contributed by atoms with E-state index in [2.05, 4.69) is 20.9 Å². The molecule has 4 nitrogen and oxygen atoms in total. The Morgan fingerprint density at radius 1 is 1.35 bits per heavy atom. The van der Waals surface area contributed by atoms with Crippen LogP contribution in [0.3, 0.4) is 0 Å². The summed E-state index contributed by atoms with van der Waals surface area (Å²) in [6.45, 7) is 0.332. The number of halogens is 1. The molecular formula is C13H13BrN2O2S2. The van der Waals surface area contributed by atoms with Gasteiger partial charge in [-0.3, -0.25) is 4.98 Å². The van der Waals surface area contributed by atoms with Gasteiger partial charge >= 0.3 is 0 Å². The molecule has 20 heavy (non-hydrogen) atoms. The van der Waals surface area contributed by atoms with Crippen molar-refractivity contribution < 1.29 is 8.42 Å². The number of hydrogen-bond donors (Lipinski definition) is 0. The second-order valence-electron chi connectivity index (χ2n) is 4.66. The molecular weight excluding hydrogens is 360 g/mol. The van der Waals surface area contributed by atoms with E-state index < -0.39 is 10.0 Å². The van der Waals surface area contributed by atoms with Gasteiger partial charge in [0.05, 0.1) is 12.2 Å². The molecule has 2 aromatic heterocycles. The summed E-state index contributed by atoms with van der Waals surface area (Å²) in [5.41, 5.74) is 0.774. The van der Waals surface area contributed by atoms with Gasteiger partial charge in [-0.2, -0.15) is 4.31 Å². The van der Waals surface area contributed by atoms with Crippen LogP contribution in [-0.4, -0.2) is 23.7 Å². The van der Waals surface area contributed by atoms with Crippen molar-refractivity contribution in [2.75, 3.05) is 0 Å². The third kappa shape index (κ3) is 2.81. The molecule has 1 fully saturated rings. The zero-order valence-corrected chi connectivity index (χ0v) is 13.8. The highest BCUT2D eigenvalue weighted by molar-refractivity contribution is 9.10. The van der Waals surface area contributed by atoms with Crippen molar-refractivity contribution in [2.24, 2.45) is 0 Å². The van der Waals surface area contributed by atoms with Crippen molar-refractivity contribution in [1.82, 2.24) is 9.29 Å². The summed E-state index contributed by atoms with van der Waals surface area (Å²) in [4.78, 5) is 4.23. The molecule has 0 aromatic carbocycles. The van der Waals surface area contributed by atoms with Crippen molar-refractivity contribution in [3.8, 4) is 0 Å². The number of aromatic nitrogens is 1. The van der Waals surface area contributed by atoms with Crippen LogP contribution in [0.2, 0.25) is 0 Å². The van der Waals surface area contributed by atoms with Crippen LogP contribution in [0.4, 0.5) is 0 Å². The second-order valence-corrected chi connectivity index (χ2v) is 8.51. The van der Waals surface area contributed by atoms with E-state index in [1.165, 1.54) is 11.3 Å². The highest BCUT2D eigenvalue weighted by Gasteiger charge is 2.39. The van der Waals surface area contributed by atoms with Crippen molar-refractivity contribution in [1.29, 1.82) is 0 Å². The maximum Gasteiger partial charge on any atom is 0.254 e. The summed E-state index contributed by atoms with van der Waals surface area (Å²) < 4.78 is 28.1. The van der Waals surface area contributed by atoms with E-state index in [1.807, 2.05) is 18.2 Å². The van der Waals surface area contributed by atoms with Gasteiger partial charge in [-0.15, -0.1) is 11.3 Å². The largest absolute Gasteiger partial charge is 0.260 e. The summed E-state index contributed by atoms with van der Waals surface area (Å²) in [7, 11) is -3.46. The van der Waals surface area contributed by atoms with Gasteiger partial charge in [0.25, 0.3) is 10.0 Å². The average Bonchev–Trinajstić information content (AvgIpc) is 3.18. The Labute approximate surface area is 130 Å². The maximum absolute atomic E-state index is 12.8. The summed E-state index contributed by atoms with van der Waals surface area (Å²) in [6, 6.07) is 7.43. The molecule has 0 spiro atoms. The van der Waals surface area contributed by atoms with Crippen molar-refractivity contribution in [2.45, 2.75) is 29.6 Å². The number of nitrogens with zero attached hydrogens (tertiary/aromatic N) is 2. The van der Waals surface area contributed by atoms with Gasteiger partial charge in [0.2, 0.25) is 0 Å². The zero-order chi connectivity index (χ0) is 14.2. The molecule has 0 saturated heterocycles. The summed E-state index contributed by atoms with van der Waals surface area (Å²) in [5, 5.41) is 1.78. The number of sulfonamides is 1. The first-order chi connectivity index (χ1) is 9.59. The minimum atomic E-state index is -3.46. The van der Waals surface area contributed by atoms with Crippen molar-refractivity contribution in [3.05, 3.63) is 46.0 Å². The Balaban J connectivity index is 1.93. The van der Waals surface area contributed by atoms with E-state index in [0.717, 1.165) is 18.5 Å². The molecule has 0 radical (unpaired) electrons. The second kappa shape index (κ2) is 5.55. The van der Waals surface area contributed by atoms with E-state index in [-0.39, 0.29) is 6.04 Å². The van der Waals surface area contributed by atoms with Crippen molar-refractivity contribution in [3.63, 3.8) is 0 Å². The Morgan fingerprint density at radius 3 is 2.70 bits per heavy atom. The average molecular weight is 373 g/mol. The van der Waals surface area contributed by atoms with Crippen LogP contribution in [0.5, 0.6) is 0 Å². The van der Waals surface area contributed by atoms with E-state index in [0.29, 0.717) is 15.2 Å². The fourth-order valence-corrected chi connectivity index (χ4v) is 6.08. The van der Waals surface area contributed by atoms with Gasteiger partial charge in [0, 0.05) is 16.7 Å². The Hall–Kier alpha value is -0.760. The normalized spacial score (nSPS) is 15.7. The SMILES string of the molecule is O=S(=O)(c1sccc1Br)N(Cc1ccccn1)C1CC1. The molecule has 3 rings (SSSR count). The molecule has 0 atom stereocenters. The molecule has 1 saturated carbocycles. The van der Waals surface area contributed by atoms with Crippen LogP contribution in [0, 0.1) is 0 Å². The van der Waals surface area contributed by atoms with Gasteiger partial charge in [-0.05, 0) is 52.4 Å². The predicted molar refractivity (Wildman–Crippen MR) is 82.0 cm³/mol. The smallest absolute Gasteiger partial charge is 0.254 e. The molecule has 106 valence electrons. The molecule has 2 heterocycles. The summed E-state index contributed by atoms with van der Waals surface area (Å²) in [6.07, 6.45) is 3.54. The number of hydrogen-bond acceptors (Lipinski definition) is 4. The molecule has 0 amide bonds. The molecule has 0 unspecified atom stereocenters. The molecule has 0 bridgehead atoms. The standard InChI is InChI=1S/C13H13BrN2O2S2/c14-12-6-8-19-13(12)20(17,18)16(11-4-5-11)9-10-3-1-2-7-15-10/h1-3,6-8,11H,4-5,9H2. The first-order valence-electron chi connectivity index (χ1n) is 6.24. The minimum absolute atomic E-state index is 0.107. The van der Waals surface area contributed by atoms with Gasteiger partial charge in [0.15, 0.2) is 0 Å². The van der Waals surface area contributed by atoms with Gasteiger partial charge in [0.1, 0.15) is 4.21 Å². The highest BCUT2D eigenvalue weighted by Crippen LogP contribution is 2.37. The minimum Gasteiger partial charge on any atom is -0.260 e. The van der Waals surface area contributed by atoms with E-state index in [9.17, 15) is 8.42 Å². The monoisotopic (exact) mass is 372 g/mol. The van der Waals surface area contributed by atoms with Gasteiger partial charge < -0.3 is 0 Å².